The number of hydrogen-bond donors (Lipinski definition) is 3. The molecule has 1 amide bonds. The fourth-order valence-electron chi connectivity index (χ4n) is 2.78. The van der Waals surface area contributed by atoms with Crippen LogP contribution in [0.5, 0.6) is 0 Å². The lowest BCUT2D eigenvalue weighted by Crippen LogP contribution is -2.14. The summed E-state index contributed by atoms with van der Waals surface area (Å²) in [6, 6.07) is 4.38. The number of hydrogen-bond acceptors (Lipinski definition) is 3. The summed E-state index contributed by atoms with van der Waals surface area (Å²) in [4.78, 5) is 19.7. The third-order valence-corrected chi connectivity index (χ3v) is 4.39. The normalized spacial score (nSPS) is 16.3. The Bertz CT molecular complexity index is 788. The molecule has 1 aromatic carbocycles. The summed E-state index contributed by atoms with van der Waals surface area (Å²) >= 11 is 0. The molecule has 0 spiro atoms. The number of H-pyrrole nitrogens is 1. The van der Waals surface area contributed by atoms with E-state index in [1.54, 1.807) is 6.33 Å². The molecule has 1 atom stereocenters. The van der Waals surface area contributed by atoms with Crippen LogP contribution in [0.15, 0.2) is 18.5 Å². The zero-order valence-electron chi connectivity index (χ0n) is 13.9. The molecule has 0 saturated heterocycles. The lowest BCUT2D eigenvalue weighted by molar-refractivity contribution is -0.110. The average molecular weight is 310 g/mol. The van der Waals surface area contributed by atoms with Crippen molar-refractivity contribution in [2.24, 2.45) is 0 Å². The van der Waals surface area contributed by atoms with Crippen LogP contribution in [0.4, 0.5) is 11.4 Å². The van der Waals surface area contributed by atoms with E-state index in [1.807, 2.05) is 25.1 Å². The highest BCUT2D eigenvalue weighted by Crippen LogP contribution is 2.38. The van der Waals surface area contributed by atoms with E-state index >= 15 is 0 Å². The van der Waals surface area contributed by atoms with Gasteiger partial charge in [-0.1, -0.05) is 6.92 Å². The maximum atomic E-state index is 12.4. The monoisotopic (exact) mass is 310 g/mol. The maximum Gasteiger partial charge on any atom is 0.256 e. The maximum absolute atomic E-state index is 12.4. The fraction of sp³-hybridized carbons (Fsp3) is 0.333. The van der Waals surface area contributed by atoms with Gasteiger partial charge in [0.15, 0.2) is 0 Å². The number of imidazole rings is 1. The van der Waals surface area contributed by atoms with E-state index in [-0.39, 0.29) is 5.91 Å². The summed E-state index contributed by atoms with van der Waals surface area (Å²) in [7, 11) is 0. The van der Waals surface area contributed by atoms with Gasteiger partial charge < -0.3 is 15.6 Å². The first-order valence-electron chi connectivity index (χ1n) is 7.94. The molecule has 0 fully saturated rings. The fourth-order valence-corrected chi connectivity index (χ4v) is 2.78. The number of fused-ring (bicyclic) bond motifs is 1. The molecule has 0 aliphatic carbocycles. The number of carbonyl (C=O) groups is 1. The van der Waals surface area contributed by atoms with E-state index in [9.17, 15) is 4.79 Å². The average Bonchev–Trinajstić information content (AvgIpc) is 3.07. The first-order chi connectivity index (χ1) is 11.0. The predicted molar refractivity (Wildman–Crippen MR) is 94.4 cm³/mol. The highest BCUT2D eigenvalue weighted by Gasteiger charge is 2.27. The van der Waals surface area contributed by atoms with E-state index < -0.39 is 0 Å². The van der Waals surface area contributed by atoms with Crippen molar-refractivity contribution in [3.8, 4) is 0 Å². The molecule has 0 saturated carbocycles. The summed E-state index contributed by atoms with van der Waals surface area (Å²) in [5.41, 5.74) is 6.39. The number of aromatic amines is 1. The molecule has 1 unspecified atom stereocenters. The molecular formula is C18H22N4O. The first-order valence-corrected chi connectivity index (χ1v) is 7.94. The first kappa shape index (κ1) is 15.3. The van der Waals surface area contributed by atoms with E-state index in [4.69, 9.17) is 0 Å². The summed E-state index contributed by atoms with van der Waals surface area (Å²) in [6.07, 6.45) is 4.54. The topological polar surface area (TPSA) is 69.8 Å². The van der Waals surface area contributed by atoms with Crippen LogP contribution in [-0.2, 0) is 4.79 Å². The van der Waals surface area contributed by atoms with Gasteiger partial charge in [0, 0.05) is 28.7 Å². The van der Waals surface area contributed by atoms with Crippen molar-refractivity contribution in [2.45, 2.75) is 40.2 Å². The lowest BCUT2D eigenvalue weighted by Gasteiger charge is -2.17. The van der Waals surface area contributed by atoms with Gasteiger partial charge in [-0.25, -0.2) is 4.98 Å². The van der Waals surface area contributed by atoms with Crippen molar-refractivity contribution < 1.29 is 4.79 Å². The molecule has 3 N–H and O–H groups in total. The molecule has 1 aliphatic rings. The molecule has 0 radical (unpaired) electrons. The minimum absolute atomic E-state index is 0.0776. The third-order valence-electron chi connectivity index (χ3n) is 4.39. The second-order valence-corrected chi connectivity index (χ2v) is 6.04. The van der Waals surface area contributed by atoms with Crippen LogP contribution in [-0.4, -0.2) is 21.9 Å². The smallest absolute Gasteiger partial charge is 0.256 e. The van der Waals surface area contributed by atoms with Crippen LogP contribution < -0.4 is 10.6 Å². The molecule has 1 aliphatic heterocycles. The zero-order chi connectivity index (χ0) is 16.6. The number of amides is 1. The number of nitrogens with one attached hydrogen (secondary N) is 3. The minimum Gasteiger partial charge on any atom is -0.382 e. The van der Waals surface area contributed by atoms with Gasteiger partial charge in [-0.2, -0.15) is 0 Å². The number of aromatic nitrogens is 2. The lowest BCUT2D eigenvalue weighted by atomic mass is 9.98. The van der Waals surface area contributed by atoms with E-state index in [2.05, 4.69) is 41.4 Å². The quantitative estimate of drug-likeness (QED) is 0.754. The summed E-state index contributed by atoms with van der Waals surface area (Å²) in [5.74, 6) is -0.0776. The van der Waals surface area contributed by atoms with Crippen molar-refractivity contribution in [3.05, 3.63) is 41.0 Å². The molecule has 2 heterocycles. The van der Waals surface area contributed by atoms with Crippen molar-refractivity contribution in [1.29, 1.82) is 0 Å². The largest absolute Gasteiger partial charge is 0.382 e. The Hall–Kier alpha value is -2.56. The Kier molecular flexibility index (Phi) is 3.94. The van der Waals surface area contributed by atoms with Crippen molar-refractivity contribution in [2.75, 3.05) is 10.6 Å². The Balaban J connectivity index is 2.07. The van der Waals surface area contributed by atoms with E-state index in [0.29, 0.717) is 11.6 Å². The Morgan fingerprint density at radius 3 is 2.78 bits per heavy atom. The third kappa shape index (κ3) is 2.74. The highest BCUT2D eigenvalue weighted by molar-refractivity contribution is 6.35. The molecule has 5 heteroatoms. The van der Waals surface area contributed by atoms with Crippen molar-refractivity contribution in [3.63, 3.8) is 0 Å². The molecule has 5 nitrogen and oxygen atoms in total. The van der Waals surface area contributed by atoms with Gasteiger partial charge in [0.05, 0.1) is 17.6 Å². The number of rotatable bonds is 4. The standard InChI is InChI=1S/C18H22N4O/c1-5-10(2)21-14-6-7-15-17(11(14)3)13(18(23)22-15)8-16-12(4)19-9-20-16/h6-10,21H,5H2,1-4H3,(H,19,20)(H,22,23)/b13-8-. The van der Waals surface area contributed by atoms with Gasteiger partial charge in [0.1, 0.15) is 0 Å². The number of aryl methyl sites for hydroxylation is 1. The summed E-state index contributed by atoms with van der Waals surface area (Å²) in [6.45, 7) is 8.30. The molecule has 0 bridgehead atoms. The highest BCUT2D eigenvalue weighted by atomic mass is 16.2. The summed E-state index contributed by atoms with van der Waals surface area (Å²) < 4.78 is 0. The van der Waals surface area contributed by atoms with Gasteiger partial charge in [-0.05, 0) is 51.0 Å². The van der Waals surface area contributed by atoms with E-state index in [0.717, 1.165) is 40.3 Å². The molecular weight excluding hydrogens is 288 g/mol. The van der Waals surface area contributed by atoms with Gasteiger partial charge in [0.25, 0.3) is 5.91 Å². The molecule has 1 aromatic heterocycles. The Morgan fingerprint density at radius 2 is 2.13 bits per heavy atom. The SMILES string of the molecule is CCC(C)Nc1ccc2c(c1C)/C(=C/c1nc[nH]c1C)C(=O)N2. The number of anilines is 2. The number of nitrogens with zero attached hydrogens (tertiary/aromatic N) is 1. The Labute approximate surface area is 136 Å². The van der Waals surface area contributed by atoms with Crippen LogP contribution in [0.3, 0.4) is 0 Å². The summed E-state index contributed by atoms with van der Waals surface area (Å²) in [5, 5.41) is 6.45. The minimum atomic E-state index is -0.0776. The zero-order valence-corrected chi connectivity index (χ0v) is 13.9. The molecule has 3 rings (SSSR count). The van der Waals surface area contributed by atoms with Crippen LogP contribution in [0.1, 0.15) is 42.8 Å². The second kappa shape index (κ2) is 5.91. The molecule has 120 valence electrons. The van der Waals surface area contributed by atoms with Crippen molar-refractivity contribution >= 4 is 28.9 Å². The van der Waals surface area contributed by atoms with Crippen LogP contribution >= 0.6 is 0 Å². The molecule has 2 aromatic rings. The number of benzene rings is 1. The predicted octanol–water partition coefficient (Wildman–Crippen LogP) is 3.73. The Morgan fingerprint density at radius 1 is 1.35 bits per heavy atom. The van der Waals surface area contributed by atoms with Crippen molar-refractivity contribution in [1.82, 2.24) is 9.97 Å². The second-order valence-electron chi connectivity index (χ2n) is 6.04. The molecule has 23 heavy (non-hydrogen) atoms. The van der Waals surface area contributed by atoms with Gasteiger partial charge in [0.2, 0.25) is 0 Å². The van der Waals surface area contributed by atoms with Gasteiger partial charge in [-0.3, -0.25) is 4.79 Å². The van der Waals surface area contributed by atoms with Gasteiger partial charge >= 0.3 is 0 Å². The van der Waals surface area contributed by atoms with Gasteiger partial charge in [-0.15, -0.1) is 0 Å². The number of carbonyl (C=O) groups excluding carboxylic acids is 1. The van der Waals surface area contributed by atoms with Crippen LogP contribution in [0, 0.1) is 13.8 Å². The van der Waals surface area contributed by atoms with Crippen LogP contribution in [0.2, 0.25) is 0 Å². The van der Waals surface area contributed by atoms with E-state index in [1.165, 1.54) is 0 Å². The van der Waals surface area contributed by atoms with Crippen LogP contribution in [0.25, 0.3) is 11.6 Å².